The lowest BCUT2D eigenvalue weighted by atomic mass is 10.2. The van der Waals surface area contributed by atoms with E-state index in [-0.39, 0.29) is 17.3 Å². The Morgan fingerprint density at radius 3 is 2.17 bits per heavy atom. The van der Waals surface area contributed by atoms with Crippen LogP contribution < -0.4 is 18.5 Å². The number of sulfonamides is 1. The molecule has 3 rings (SSSR count). The Hall–Kier alpha value is -3.72. The minimum absolute atomic E-state index is 0.0849. The van der Waals surface area contributed by atoms with Crippen molar-refractivity contribution < 1.29 is 27.4 Å². The second-order valence-corrected chi connectivity index (χ2v) is 9.53. The fourth-order valence-corrected chi connectivity index (χ4v) is 4.99. The molecule has 0 saturated heterocycles. The van der Waals surface area contributed by atoms with Gasteiger partial charge in [0.25, 0.3) is 10.0 Å². The first-order chi connectivity index (χ1) is 16.8. The van der Waals surface area contributed by atoms with E-state index in [0.29, 0.717) is 29.5 Å². The van der Waals surface area contributed by atoms with E-state index in [1.807, 2.05) is 13.0 Å². The van der Waals surface area contributed by atoms with Crippen LogP contribution in [-0.4, -0.2) is 53.6 Å². The molecule has 186 valence electrons. The summed E-state index contributed by atoms with van der Waals surface area (Å²) in [5.74, 6) is 1.12. The van der Waals surface area contributed by atoms with Crippen LogP contribution in [0.2, 0.25) is 0 Å². The summed E-state index contributed by atoms with van der Waals surface area (Å²) in [4.78, 5) is 14.8. The lowest BCUT2D eigenvalue weighted by molar-refractivity contribution is -0.128. The molecular formula is C26H30N2O6S. The third-order valence-corrected chi connectivity index (χ3v) is 7.11. The maximum atomic E-state index is 13.6. The zero-order chi connectivity index (χ0) is 25.4. The maximum absolute atomic E-state index is 13.6. The van der Waals surface area contributed by atoms with Crippen LogP contribution in [0.4, 0.5) is 5.69 Å². The summed E-state index contributed by atoms with van der Waals surface area (Å²) < 4.78 is 44.6. The molecule has 3 aromatic rings. The van der Waals surface area contributed by atoms with Gasteiger partial charge in [-0.3, -0.25) is 9.10 Å². The number of carbonyl (C=O) groups excluding carboxylic acids is 1. The average molecular weight is 499 g/mol. The number of carbonyl (C=O) groups is 1. The molecule has 0 radical (unpaired) electrons. The minimum atomic E-state index is -4.05. The topological polar surface area (TPSA) is 85.4 Å². The third kappa shape index (κ3) is 6.05. The standard InChI is InChI=1S/C26H30N2O6S/c1-5-34-23-14-10-9-13-22(23)28(35(30,31)21-11-7-6-8-12-21)19-26(29)27(2)18-20-15-16-24(32-3)25(17-20)33-4/h6-17H,5,18-19H2,1-4H3. The monoisotopic (exact) mass is 498 g/mol. The molecule has 3 aromatic carbocycles. The van der Waals surface area contributed by atoms with Gasteiger partial charge in [0.1, 0.15) is 12.3 Å². The highest BCUT2D eigenvalue weighted by atomic mass is 32.2. The molecule has 0 saturated carbocycles. The van der Waals surface area contributed by atoms with E-state index in [1.165, 1.54) is 17.0 Å². The van der Waals surface area contributed by atoms with E-state index in [1.54, 1.807) is 75.9 Å². The first-order valence-electron chi connectivity index (χ1n) is 11.1. The summed E-state index contributed by atoms with van der Waals surface area (Å²) in [7, 11) is 0.670. The van der Waals surface area contributed by atoms with Crippen molar-refractivity contribution in [2.45, 2.75) is 18.4 Å². The number of ether oxygens (including phenoxy) is 3. The first-order valence-corrected chi connectivity index (χ1v) is 12.5. The van der Waals surface area contributed by atoms with Crippen molar-refractivity contribution in [1.29, 1.82) is 0 Å². The second-order valence-electron chi connectivity index (χ2n) is 7.66. The van der Waals surface area contributed by atoms with Crippen LogP contribution in [0.3, 0.4) is 0 Å². The predicted octanol–water partition coefficient (Wildman–Crippen LogP) is 3.96. The maximum Gasteiger partial charge on any atom is 0.264 e. The summed E-state index contributed by atoms with van der Waals surface area (Å²) in [6.45, 7) is 2.02. The Labute approximate surface area is 206 Å². The second kappa shape index (κ2) is 11.6. The number of anilines is 1. The van der Waals surface area contributed by atoms with Gasteiger partial charge in [0.15, 0.2) is 11.5 Å². The smallest absolute Gasteiger partial charge is 0.264 e. The summed E-state index contributed by atoms with van der Waals surface area (Å²) in [5.41, 5.74) is 1.11. The Bertz CT molecular complexity index is 1250. The van der Waals surface area contributed by atoms with Crippen molar-refractivity contribution in [3.8, 4) is 17.2 Å². The highest BCUT2D eigenvalue weighted by Gasteiger charge is 2.30. The van der Waals surface area contributed by atoms with Crippen molar-refractivity contribution in [3.63, 3.8) is 0 Å². The normalized spacial score (nSPS) is 11.0. The molecule has 0 aromatic heterocycles. The number of rotatable bonds is 11. The fourth-order valence-electron chi connectivity index (χ4n) is 3.54. The molecule has 0 N–H and O–H groups in total. The summed E-state index contributed by atoms with van der Waals surface area (Å²) in [6, 6.07) is 20.2. The molecule has 0 unspecified atom stereocenters. The van der Waals surface area contributed by atoms with E-state index < -0.39 is 16.6 Å². The molecule has 0 atom stereocenters. The van der Waals surface area contributed by atoms with Gasteiger partial charge in [-0.15, -0.1) is 0 Å². The molecule has 0 spiro atoms. The van der Waals surface area contributed by atoms with E-state index >= 15 is 0 Å². The Morgan fingerprint density at radius 1 is 0.857 bits per heavy atom. The number of para-hydroxylation sites is 2. The predicted molar refractivity (Wildman–Crippen MR) is 135 cm³/mol. The number of nitrogens with zero attached hydrogens (tertiary/aromatic N) is 2. The van der Waals surface area contributed by atoms with Crippen molar-refractivity contribution in [1.82, 2.24) is 4.90 Å². The molecule has 0 fully saturated rings. The number of hydrogen-bond acceptors (Lipinski definition) is 6. The first kappa shape index (κ1) is 25.9. The van der Waals surface area contributed by atoms with Crippen molar-refractivity contribution in [2.75, 3.05) is 38.7 Å². The summed E-state index contributed by atoms with van der Waals surface area (Å²) in [5, 5.41) is 0. The number of amides is 1. The zero-order valence-corrected chi connectivity index (χ0v) is 21.1. The van der Waals surface area contributed by atoms with E-state index in [0.717, 1.165) is 9.87 Å². The third-order valence-electron chi connectivity index (χ3n) is 5.34. The largest absolute Gasteiger partial charge is 0.493 e. The fraction of sp³-hybridized carbons (Fsp3) is 0.269. The molecule has 9 heteroatoms. The van der Waals surface area contributed by atoms with E-state index in [9.17, 15) is 13.2 Å². The lowest BCUT2D eigenvalue weighted by Crippen LogP contribution is -2.41. The quantitative estimate of drug-likeness (QED) is 0.398. The van der Waals surface area contributed by atoms with Crippen LogP contribution >= 0.6 is 0 Å². The highest BCUT2D eigenvalue weighted by molar-refractivity contribution is 7.92. The van der Waals surface area contributed by atoms with Crippen LogP contribution in [0.25, 0.3) is 0 Å². The minimum Gasteiger partial charge on any atom is -0.493 e. The van der Waals surface area contributed by atoms with Gasteiger partial charge < -0.3 is 19.1 Å². The molecule has 0 heterocycles. The van der Waals surface area contributed by atoms with Gasteiger partial charge >= 0.3 is 0 Å². The number of hydrogen-bond donors (Lipinski definition) is 0. The molecule has 1 amide bonds. The van der Waals surface area contributed by atoms with Gasteiger partial charge in [0.2, 0.25) is 5.91 Å². The molecule has 0 bridgehead atoms. The van der Waals surface area contributed by atoms with Gasteiger partial charge in [-0.05, 0) is 48.9 Å². The Balaban J connectivity index is 1.92. The summed E-state index contributed by atoms with van der Waals surface area (Å²) >= 11 is 0. The molecular weight excluding hydrogens is 468 g/mol. The summed E-state index contributed by atoms with van der Waals surface area (Å²) in [6.07, 6.45) is 0. The molecule has 0 aliphatic heterocycles. The Kier molecular flexibility index (Phi) is 8.59. The molecule has 35 heavy (non-hydrogen) atoms. The number of likely N-dealkylation sites (N-methyl/N-ethyl adjacent to an activating group) is 1. The molecule has 8 nitrogen and oxygen atoms in total. The Morgan fingerprint density at radius 2 is 1.51 bits per heavy atom. The van der Waals surface area contributed by atoms with Gasteiger partial charge in [-0.25, -0.2) is 8.42 Å². The van der Waals surface area contributed by atoms with Gasteiger partial charge in [-0.2, -0.15) is 0 Å². The van der Waals surface area contributed by atoms with E-state index in [2.05, 4.69) is 0 Å². The van der Waals surface area contributed by atoms with Crippen LogP contribution in [0.5, 0.6) is 17.2 Å². The van der Waals surface area contributed by atoms with Crippen LogP contribution in [0.15, 0.2) is 77.7 Å². The molecule has 0 aliphatic carbocycles. The van der Waals surface area contributed by atoms with Gasteiger partial charge in [0.05, 0.1) is 31.4 Å². The van der Waals surface area contributed by atoms with Crippen LogP contribution in [0, 0.1) is 0 Å². The van der Waals surface area contributed by atoms with Crippen LogP contribution in [0.1, 0.15) is 12.5 Å². The zero-order valence-electron chi connectivity index (χ0n) is 20.3. The van der Waals surface area contributed by atoms with Crippen molar-refractivity contribution in [3.05, 3.63) is 78.4 Å². The highest BCUT2D eigenvalue weighted by Crippen LogP contribution is 2.33. The number of methoxy groups -OCH3 is 2. The van der Waals surface area contributed by atoms with E-state index in [4.69, 9.17) is 14.2 Å². The van der Waals surface area contributed by atoms with Crippen molar-refractivity contribution in [2.24, 2.45) is 0 Å². The average Bonchev–Trinajstić information content (AvgIpc) is 2.88. The lowest BCUT2D eigenvalue weighted by Gasteiger charge is -2.28. The SMILES string of the molecule is CCOc1ccccc1N(CC(=O)N(C)Cc1ccc(OC)c(OC)c1)S(=O)(=O)c1ccccc1. The number of benzene rings is 3. The van der Waals surface area contributed by atoms with Gasteiger partial charge in [-0.1, -0.05) is 36.4 Å². The van der Waals surface area contributed by atoms with Gasteiger partial charge in [0, 0.05) is 13.6 Å². The molecule has 0 aliphatic rings. The van der Waals surface area contributed by atoms with Crippen molar-refractivity contribution >= 4 is 21.6 Å². The van der Waals surface area contributed by atoms with Crippen LogP contribution in [-0.2, 0) is 21.4 Å².